The smallest absolute Gasteiger partial charge is 0.172 e. The predicted molar refractivity (Wildman–Crippen MR) is 128 cm³/mol. The van der Waals surface area contributed by atoms with Crippen LogP contribution in [0.5, 0.6) is 0 Å². The molecular weight excluding hydrogens is 432 g/mol. The summed E-state index contributed by atoms with van der Waals surface area (Å²) >= 11 is 0. The number of aromatic amines is 1. The Morgan fingerprint density at radius 3 is 2.38 bits per heavy atom. The number of carbonyl (C=O) groups excluding carboxylic acids is 2. The van der Waals surface area contributed by atoms with E-state index in [0.29, 0.717) is 11.1 Å². The van der Waals surface area contributed by atoms with E-state index in [9.17, 15) is 19.8 Å². The molecule has 1 aliphatic carbocycles. The third-order valence-electron chi connectivity index (χ3n) is 7.46. The van der Waals surface area contributed by atoms with Crippen molar-refractivity contribution in [3.05, 3.63) is 59.7 Å². The minimum Gasteiger partial charge on any atom is -0.390 e. The van der Waals surface area contributed by atoms with Crippen LogP contribution in [0.25, 0.3) is 43.6 Å². The van der Waals surface area contributed by atoms with Gasteiger partial charge in [0, 0.05) is 44.6 Å². The van der Waals surface area contributed by atoms with E-state index in [1.807, 2.05) is 53.1 Å². The molecule has 0 radical (unpaired) electrons. The number of fused-ring (bicyclic) bond motifs is 10. The van der Waals surface area contributed by atoms with E-state index in [4.69, 9.17) is 4.74 Å². The van der Waals surface area contributed by atoms with Gasteiger partial charge in [-0.2, -0.15) is 0 Å². The second kappa shape index (κ2) is 6.76. The van der Waals surface area contributed by atoms with Crippen LogP contribution in [0, 0.1) is 0 Å². The summed E-state index contributed by atoms with van der Waals surface area (Å²) in [6.45, 7) is 1.74. The highest BCUT2D eigenvalue weighted by atomic mass is 16.5. The van der Waals surface area contributed by atoms with Gasteiger partial charge < -0.3 is 24.5 Å². The summed E-state index contributed by atoms with van der Waals surface area (Å²) in [5.74, 6) is -0.331. The SMILES string of the molecule is C[C@@H]1O[C@@H](n2c3ccccc3c3c4c(c5c6ccccc6[nH]c5c32)C(=O)CC4=O)C[C@@H](O)[C@H]1O. The summed E-state index contributed by atoms with van der Waals surface area (Å²) in [4.78, 5) is 29.8. The largest absolute Gasteiger partial charge is 0.390 e. The zero-order valence-electron chi connectivity index (χ0n) is 18.4. The molecule has 7 nitrogen and oxygen atoms in total. The van der Waals surface area contributed by atoms with Gasteiger partial charge in [0.05, 0.1) is 35.2 Å². The number of hydrogen-bond donors (Lipinski definition) is 3. The number of hydrogen-bond acceptors (Lipinski definition) is 5. The zero-order chi connectivity index (χ0) is 23.3. The fourth-order valence-corrected chi connectivity index (χ4v) is 5.98. The van der Waals surface area contributed by atoms with E-state index in [-0.39, 0.29) is 24.4 Å². The van der Waals surface area contributed by atoms with E-state index in [2.05, 4.69) is 4.98 Å². The quantitative estimate of drug-likeness (QED) is 0.329. The van der Waals surface area contributed by atoms with Crippen LogP contribution in [0.15, 0.2) is 48.5 Å². The number of ketones is 2. The van der Waals surface area contributed by atoms with E-state index in [0.717, 1.165) is 43.6 Å². The Bertz CT molecular complexity index is 1680. The van der Waals surface area contributed by atoms with Crippen LogP contribution < -0.4 is 0 Å². The van der Waals surface area contributed by atoms with Crippen molar-refractivity contribution >= 4 is 55.2 Å². The fraction of sp³-hybridized carbons (Fsp3) is 0.259. The summed E-state index contributed by atoms with van der Waals surface area (Å²) in [6.07, 6.45) is -2.98. The molecule has 4 atom stereocenters. The number of nitrogens with zero attached hydrogens (tertiary/aromatic N) is 1. The van der Waals surface area contributed by atoms with Gasteiger partial charge in [0.25, 0.3) is 0 Å². The van der Waals surface area contributed by atoms with Gasteiger partial charge in [-0.25, -0.2) is 0 Å². The van der Waals surface area contributed by atoms with Gasteiger partial charge in [0.2, 0.25) is 0 Å². The Labute approximate surface area is 193 Å². The monoisotopic (exact) mass is 454 g/mol. The lowest BCUT2D eigenvalue weighted by Gasteiger charge is -2.36. The lowest BCUT2D eigenvalue weighted by molar-refractivity contribution is -0.182. The number of ether oxygens (including phenoxy) is 1. The third-order valence-corrected chi connectivity index (χ3v) is 7.46. The van der Waals surface area contributed by atoms with Gasteiger partial charge in [-0.15, -0.1) is 0 Å². The van der Waals surface area contributed by atoms with Crippen LogP contribution in [0.4, 0.5) is 0 Å². The molecule has 2 aliphatic rings. The van der Waals surface area contributed by atoms with Gasteiger partial charge in [-0.3, -0.25) is 9.59 Å². The molecule has 0 saturated carbocycles. The molecule has 2 aromatic heterocycles. The van der Waals surface area contributed by atoms with Gasteiger partial charge in [-0.05, 0) is 19.1 Å². The van der Waals surface area contributed by atoms with Crippen molar-refractivity contribution in [1.29, 1.82) is 0 Å². The summed E-state index contributed by atoms with van der Waals surface area (Å²) in [5.41, 5.74) is 4.22. The average molecular weight is 454 g/mol. The topological polar surface area (TPSA) is 105 Å². The molecule has 1 fully saturated rings. The molecule has 1 aliphatic heterocycles. The maximum atomic E-state index is 13.2. The van der Waals surface area contributed by atoms with E-state index >= 15 is 0 Å². The third kappa shape index (κ3) is 2.41. The average Bonchev–Trinajstić information content (AvgIpc) is 3.46. The Balaban J connectivity index is 1.72. The maximum Gasteiger partial charge on any atom is 0.172 e. The van der Waals surface area contributed by atoms with Gasteiger partial charge in [-0.1, -0.05) is 36.4 Å². The van der Waals surface area contributed by atoms with E-state index in [1.165, 1.54) is 0 Å². The highest BCUT2D eigenvalue weighted by Gasteiger charge is 2.39. The van der Waals surface area contributed by atoms with Crippen LogP contribution in [0.1, 0.15) is 46.7 Å². The summed E-state index contributed by atoms with van der Waals surface area (Å²) in [7, 11) is 0. The Kier molecular flexibility index (Phi) is 3.96. The molecule has 34 heavy (non-hydrogen) atoms. The first kappa shape index (κ1) is 19.9. The molecule has 0 bridgehead atoms. The number of aliphatic hydroxyl groups excluding tert-OH is 2. The zero-order valence-corrected chi connectivity index (χ0v) is 18.4. The lowest BCUT2D eigenvalue weighted by atomic mass is 9.96. The standard InChI is InChI=1S/C27H22N2O5/c1-12-27(33)19(32)11-20(34-12)29-16-9-5-3-7-14(16)22-24-18(31)10-17(30)23(24)21-13-6-2-4-8-15(13)28-25(21)26(22)29/h2-9,12,19-20,27-28,32-33H,10-11H2,1H3/t12-,19+,20+,27-/m0/s1. The molecule has 0 unspecified atom stereocenters. The van der Waals surface area contributed by atoms with Crippen LogP contribution in [0.2, 0.25) is 0 Å². The Hall–Kier alpha value is -3.52. The maximum absolute atomic E-state index is 13.2. The summed E-state index contributed by atoms with van der Waals surface area (Å²) in [5, 5.41) is 24.1. The van der Waals surface area contributed by atoms with E-state index < -0.39 is 24.5 Å². The Morgan fingerprint density at radius 1 is 0.941 bits per heavy atom. The van der Waals surface area contributed by atoms with Gasteiger partial charge in [0.1, 0.15) is 12.3 Å². The molecule has 3 aromatic carbocycles. The molecule has 170 valence electrons. The molecule has 0 spiro atoms. The number of para-hydroxylation sites is 2. The molecule has 5 aromatic rings. The normalized spacial score (nSPS) is 25.3. The molecule has 7 rings (SSSR count). The number of rotatable bonds is 1. The lowest BCUT2D eigenvalue weighted by Crippen LogP contribution is -2.45. The van der Waals surface area contributed by atoms with Crippen molar-refractivity contribution in [3.63, 3.8) is 0 Å². The molecule has 3 N–H and O–H groups in total. The first-order valence-corrected chi connectivity index (χ1v) is 11.5. The molecule has 3 heterocycles. The minimum atomic E-state index is -0.971. The number of H-pyrrole nitrogens is 1. The second-order valence-corrected chi connectivity index (χ2v) is 9.39. The van der Waals surface area contributed by atoms with Gasteiger partial charge in [0.15, 0.2) is 11.6 Å². The fourth-order valence-electron chi connectivity index (χ4n) is 5.98. The molecule has 0 amide bonds. The van der Waals surface area contributed by atoms with Crippen LogP contribution in [0.3, 0.4) is 0 Å². The molecular formula is C27H22N2O5. The second-order valence-electron chi connectivity index (χ2n) is 9.39. The van der Waals surface area contributed by atoms with E-state index in [1.54, 1.807) is 6.92 Å². The number of benzene rings is 3. The first-order valence-electron chi connectivity index (χ1n) is 11.5. The van der Waals surface area contributed by atoms with Crippen molar-refractivity contribution in [1.82, 2.24) is 9.55 Å². The van der Waals surface area contributed by atoms with Crippen molar-refractivity contribution < 1.29 is 24.5 Å². The number of aromatic nitrogens is 2. The number of nitrogens with one attached hydrogen (secondary N) is 1. The van der Waals surface area contributed by atoms with Crippen molar-refractivity contribution in [2.75, 3.05) is 0 Å². The minimum absolute atomic E-state index is 0.134. The molecule has 1 saturated heterocycles. The summed E-state index contributed by atoms with van der Waals surface area (Å²) in [6, 6.07) is 15.5. The van der Waals surface area contributed by atoms with Crippen LogP contribution in [-0.2, 0) is 4.74 Å². The number of carbonyl (C=O) groups is 2. The van der Waals surface area contributed by atoms with Crippen molar-refractivity contribution in [2.24, 2.45) is 0 Å². The predicted octanol–water partition coefficient (Wildman–Crippen LogP) is 4.23. The number of Topliss-reactive ketones (excluding diaryl/α,β-unsaturated/α-hetero) is 2. The Morgan fingerprint density at radius 2 is 1.62 bits per heavy atom. The van der Waals surface area contributed by atoms with Gasteiger partial charge >= 0.3 is 0 Å². The number of aliphatic hydroxyl groups is 2. The highest BCUT2D eigenvalue weighted by molar-refractivity contribution is 6.40. The van der Waals surface area contributed by atoms with Crippen LogP contribution >= 0.6 is 0 Å². The highest BCUT2D eigenvalue weighted by Crippen LogP contribution is 2.47. The molecule has 7 heteroatoms. The summed E-state index contributed by atoms with van der Waals surface area (Å²) < 4.78 is 8.23. The van der Waals surface area contributed by atoms with Crippen LogP contribution in [-0.4, -0.2) is 49.6 Å². The van der Waals surface area contributed by atoms with Crippen molar-refractivity contribution in [3.8, 4) is 0 Å². The van der Waals surface area contributed by atoms with Crippen molar-refractivity contribution in [2.45, 2.75) is 44.3 Å². The first-order chi connectivity index (χ1) is 16.5.